The Hall–Kier alpha value is -1.24. The Morgan fingerprint density at radius 3 is 2.35 bits per heavy atom. The Morgan fingerprint density at radius 2 is 1.74 bits per heavy atom. The number of hydrogen-bond acceptors (Lipinski definition) is 6. The molecular weight excluding hydrogens is 290 g/mol. The van der Waals surface area contributed by atoms with E-state index in [1.807, 2.05) is 12.4 Å². The van der Waals surface area contributed by atoms with Crippen LogP contribution in [0.2, 0.25) is 0 Å². The van der Waals surface area contributed by atoms with Crippen molar-refractivity contribution in [2.75, 3.05) is 57.4 Å². The average molecular weight is 321 g/mol. The van der Waals surface area contributed by atoms with E-state index in [0.29, 0.717) is 12.5 Å². The maximum Gasteiger partial charge on any atom is 0.225 e. The summed E-state index contributed by atoms with van der Waals surface area (Å²) in [5, 5.41) is 0. The van der Waals surface area contributed by atoms with Crippen LogP contribution in [0.5, 0.6) is 0 Å². The average Bonchev–Trinajstić information content (AvgIpc) is 2.58. The van der Waals surface area contributed by atoms with E-state index >= 15 is 0 Å². The highest BCUT2D eigenvalue weighted by atomic mass is 16.5. The molecule has 23 heavy (non-hydrogen) atoms. The summed E-state index contributed by atoms with van der Waals surface area (Å²) in [5.74, 6) is 1.34. The third-order valence-corrected chi connectivity index (χ3v) is 4.24. The van der Waals surface area contributed by atoms with Gasteiger partial charge in [0.1, 0.15) is 0 Å². The van der Waals surface area contributed by atoms with Gasteiger partial charge in [0.2, 0.25) is 5.95 Å². The van der Waals surface area contributed by atoms with Crippen LogP contribution >= 0.6 is 0 Å². The molecular formula is C17H31N5O. The summed E-state index contributed by atoms with van der Waals surface area (Å²) in [6.07, 6.45) is 5.95. The summed E-state index contributed by atoms with van der Waals surface area (Å²) < 4.78 is 5.55. The van der Waals surface area contributed by atoms with Crippen LogP contribution < -0.4 is 10.6 Å². The highest BCUT2D eigenvalue weighted by Crippen LogP contribution is 2.15. The first kappa shape index (κ1) is 18.1. The first-order valence-corrected chi connectivity index (χ1v) is 8.77. The molecule has 0 spiro atoms. The van der Waals surface area contributed by atoms with Crippen molar-refractivity contribution in [2.24, 2.45) is 5.73 Å². The third-order valence-electron chi connectivity index (χ3n) is 4.24. The summed E-state index contributed by atoms with van der Waals surface area (Å²) in [4.78, 5) is 13.8. The van der Waals surface area contributed by atoms with E-state index in [1.165, 1.54) is 5.56 Å². The van der Waals surface area contributed by atoms with Crippen LogP contribution in [-0.2, 0) is 4.74 Å². The molecule has 0 amide bonds. The van der Waals surface area contributed by atoms with Gasteiger partial charge in [-0.1, -0.05) is 13.8 Å². The minimum absolute atomic E-state index is 0.480. The molecule has 0 unspecified atom stereocenters. The van der Waals surface area contributed by atoms with Crippen molar-refractivity contribution in [3.8, 4) is 0 Å². The van der Waals surface area contributed by atoms with Crippen LogP contribution in [0.15, 0.2) is 12.4 Å². The molecule has 0 saturated carbocycles. The maximum absolute atomic E-state index is 5.55. The van der Waals surface area contributed by atoms with E-state index in [0.717, 1.165) is 64.7 Å². The largest absolute Gasteiger partial charge is 0.381 e. The molecule has 130 valence electrons. The van der Waals surface area contributed by atoms with E-state index in [1.54, 1.807) is 0 Å². The third kappa shape index (κ3) is 6.05. The number of nitrogens with zero attached hydrogens (tertiary/aromatic N) is 4. The SMILES string of the molecule is CC(C)c1cnc(N2CCN(CCCOCCCN)CC2)nc1. The molecule has 6 nitrogen and oxygen atoms in total. The molecule has 1 fully saturated rings. The number of aromatic nitrogens is 2. The molecule has 1 aromatic rings. The summed E-state index contributed by atoms with van der Waals surface area (Å²) in [5.41, 5.74) is 6.64. The molecule has 0 aromatic carbocycles. The Bertz CT molecular complexity index is 429. The summed E-state index contributed by atoms with van der Waals surface area (Å²) in [6, 6.07) is 0. The first-order chi connectivity index (χ1) is 11.2. The zero-order valence-corrected chi connectivity index (χ0v) is 14.6. The van der Waals surface area contributed by atoms with Crippen molar-refractivity contribution < 1.29 is 4.74 Å². The van der Waals surface area contributed by atoms with E-state index in [-0.39, 0.29) is 0 Å². The second kappa shape index (κ2) is 9.80. The minimum atomic E-state index is 0.480. The normalized spacial score (nSPS) is 16.3. The Kier molecular flexibility index (Phi) is 7.71. The lowest BCUT2D eigenvalue weighted by Crippen LogP contribution is -2.47. The smallest absolute Gasteiger partial charge is 0.225 e. The van der Waals surface area contributed by atoms with Crippen molar-refractivity contribution >= 4 is 5.95 Å². The molecule has 0 bridgehead atoms. The molecule has 2 heterocycles. The van der Waals surface area contributed by atoms with Gasteiger partial charge >= 0.3 is 0 Å². The Balaban J connectivity index is 1.65. The van der Waals surface area contributed by atoms with Gasteiger partial charge in [-0.05, 0) is 30.9 Å². The Morgan fingerprint density at radius 1 is 1.09 bits per heavy atom. The van der Waals surface area contributed by atoms with Gasteiger partial charge in [0.25, 0.3) is 0 Å². The molecule has 1 saturated heterocycles. The fraction of sp³-hybridized carbons (Fsp3) is 0.765. The standard InChI is InChI=1S/C17H31N5O/c1-15(2)16-13-19-17(20-14-16)22-9-7-21(8-10-22)6-4-12-23-11-3-5-18/h13-15H,3-12,18H2,1-2H3. The summed E-state index contributed by atoms with van der Waals surface area (Å²) >= 11 is 0. The summed E-state index contributed by atoms with van der Waals surface area (Å²) in [6.45, 7) is 11.9. The molecule has 1 aliphatic rings. The van der Waals surface area contributed by atoms with Gasteiger partial charge in [0, 0.05) is 58.3 Å². The highest BCUT2D eigenvalue weighted by Gasteiger charge is 2.18. The van der Waals surface area contributed by atoms with E-state index < -0.39 is 0 Å². The van der Waals surface area contributed by atoms with E-state index in [2.05, 4.69) is 33.6 Å². The monoisotopic (exact) mass is 321 g/mol. The highest BCUT2D eigenvalue weighted by molar-refractivity contribution is 5.31. The lowest BCUT2D eigenvalue weighted by molar-refractivity contribution is 0.118. The zero-order valence-electron chi connectivity index (χ0n) is 14.6. The van der Waals surface area contributed by atoms with Gasteiger partial charge in [-0.3, -0.25) is 4.90 Å². The maximum atomic E-state index is 5.55. The van der Waals surface area contributed by atoms with Crippen molar-refractivity contribution in [1.29, 1.82) is 0 Å². The van der Waals surface area contributed by atoms with Crippen LogP contribution in [0, 0.1) is 0 Å². The molecule has 0 atom stereocenters. The first-order valence-electron chi connectivity index (χ1n) is 8.77. The predicted molar refractivity (Wildman–Crippen MR) is 93.9 cm³/mol. The molecule has 6 heteroatoms. The van der Waals surface area contributed by atoms with Gasteiger partial charge in [0.15, 0.2) is 0 Å². The number of hydrogen-bond donors (Lipinski definition) is 1. The molecule has 2 rings (SSSR count). The second-order valence-electron chi connectivity index (χ2n) is 6.41. The minimum Gasteiger partial charge on any atom is -0.381 e. The number of ether oxygens (including phenoxy) is 1. The predicted octanol–water partition coefficient (Wildman–Crippen LogP) is 1.48. The van der Waals surface area contributed by atoms with Gasteiger partial charge in [-0.15, -0.1) is 0 Å². The molecule has 1 aromatic heterocycles. The topological polar surface area (TPSA) is 67.5 Å². The number of nitrogens with two attached hydrogens (primary N) is 1. The molecule has 2 N–H and O–H groups in total. The summed E-state index contributed by atoms with van der Waals surface area (Å²) in [7, 11) is 0. The molecule has 0 radical (unpaired) electrons. The van der Waals surface area contributed by atoms with Gasteiger partial charge in [-0.2, -0.15) is 0 Å². The van der Waals surface area contributed by atoms with Crippen LogP contribution in [0.25, 0.3) is 0 Å². The van der Waals surface area contributed by atoms with E-state index in [4.69, 9.17) is 10.5 Å². The zero-order chi connectivity index (χ0) is 16.5. The lowest BCUT2D eigenvalue weighted by Gasteiger charge is -2.34. The Labute approximate surface area is 140 Å². The van der Waals surface area contributed by atoms with Crippen molar-refractivity contribution in [3.05, 3.63) is 18.0 Å². The van der Waals surface area contributed by atoms with Crippen LogP contribution in [0.1, 0.15) is 38.2 Å². The van der Waals surface area contributed by atoms with Crippen LogP contribution in [0.4, 0.5) is 5.95 Å². The van der Waals surface area contributed by atoms with Gasteiger partial charge < -0.3 is 15.4 Å². The number of anilines is 1. The fourth-order valence-corrected chi connectivity index (χ4v) is 2.64. The van der Waals surface area contributed by atoms with Crippen molar-refractivity contribution in [2.45, 2.75) is 32.6 Å². The van der Waals surface area contributed by atoms with Crippen LogP contribution in [0.3, 0.4) is 0 Å². The van der Waals surface area contributed by atoms with Crippen LogP contribution in [-0.4, -0.2) is 67.4 Å². The van der Waals surface area contributed by atoms with Crippen molar-refractivity contribution in [1.82, 2.24) is 14.9 Å². The number of rotatable bonds is 9. The van der Waals surface area contributed by atoms with Crippen molar-refractivity contribution in [3.63, 3.8) is 0 Å². The quantitative estimate of drug-likeness (QED) is 0.695. The van der Waals surface area contributed by atoms with Gasteiger partial charge in [0.05, 0.1) is 0 Å². The molecule has 0 aliphatic carbocycles. The second-order valence-corrected chi connectivity index (χ2v) is 6.41. The van der Waals surface area contributed by atoms with E-state index in [9.17, 15) is 0 Å². The lowest BCUT2D eigenvalue weighted by atomic mass is 10.1. The molecule has 1 aliphatic heterocycles. The van der Waals surface area contributed by atoms with Gasteiger partial charge in [-0.25, -0.2) is 9.97 Å². The fourth-order valence-electron chi connectivity index (χ4n) is 2.64. The number of piperazine rings is 1.